The van der Waals surface area contributed by atoms with Crippen molar-refractivity contribution in [2.75, 3.05) is 42.8 Å². The molecule has 0 spiro atoms. The summed E-state index contributed by atoms with van der Waals surface area (Å²) < 4.78 is 35.0. The summed E-state index contributed by atoms with van der Waals surface area (Å²) in [4.78, 5) is 16.1. The van der Waals surface area contributed by atoms with Crippen molar-refractivity contribution in [2.45, 2.75) is 24.7 Å². The molecule has 3 aromatic rings. The average Bonchev–Trinajstić information content (AvgIpc) is 3.66. The Hall–Kier alpha value is -1.95. The topological polar surface area (TPSA) is 84.7 Å². The number of piperazine rings is 1. The Bertz CT molecular complexity index is 1540. The molecular weight excluding hydrogens is 603 g/mol. The summed E-state index contributed by atoms with van der Waals surface area (Å²) in [6, 6.07) is 12.0. The van der Waals surface area contributed by atoms with E-state index in [-0.39, 0.29) is 34.9 Å². The monoisotopic (exact) mass is 628 g/mol. The molecule has 2 aromatic carbocycles. The molecule has 208 valence electrons. The van der Waals surface area contributed by atoms with Crippen LogP contribution in [0.2, 0.25) is 15.1 Å². The molecule has 0 bridgehead atoms. The van der Waals surface area contributed by atoms with Crippen LogP contribution < -0.4 is 15.2 Å². The lowest BCUT2D eigenvalue weighted by Gasteiger charge is -2.35. The van der Waals surface area contributed by atoms with Crippen LogP contribution in [0.15, 0.2) is 58.4 Å². The largest absolute Gasteiger partial charge is 0.486 e. The van der Waals surface area contributed by atoms with Crippen LogP contribution in [0.5, 0.6) is 5.75 Å². The zero-order chi connectivity index (χ0) is 27.8. The highest BCUT2D eigenvalue weighted by molar-refractivity contribution is 8.11. The lowest BCUT2D eigenvalue weighted by Crippen LogP contribution is -2.49. The van der Waals surface area contributed by atoms with Crippen LogP contribution in [0.25, 0.3) is 5.69 Å². The zero-order valence-electron chi connectivity index (χ0n) is 21.1. The summed E-state index contributed by atoms with van der Waals surface area (Å²) in [5.74, 6) is 0.209. The quantitative estimate of drug-likeness (QED) is 0.286. The minimum absolute atomic E-state index is 0.0597. The molecule has 2 fully saturated rings. The second-order valence-electron chi connectivity index (χ2n) is 9.97. The first-order chi connectivity index (χ1) is 18.6. The molecule has 13 heteroatoms. The van der Waals surface area contributed by atoms with Gasteiger partial charge >= 0.3 is 5.56 Å². The van der Waals surface area contributed by atoms with Gasteiger partial charge in [0.05, 0.1) is 28.5 Å². The van der Waals surface area contributed by atoms with Crippen molar-refractivity contribution in [1.82, 2.24) is 14.1 Å². The van der Waals surface area contributed by atoms with Crippen LogP contribution in [0.4, 0.5) is 5.69 Å². The van der Waals surface area contributed by atoms with E-state index in [9.17, 15) is 13.2 Å². The highest BCUT2D eigenvalue weighted by Gasteiger charge is 2.39. The minimum atomic E-state index is -3.56. The summed E-state index contributed by atoms with van der Waals surface area (Å²) in [6.45, 7) is 3.85. The number of benzene rings is 2. The van der Waals surface area contributed by atoms with Crippen LogP contribution in [0.1, 0.15) is 19.8 Å². The molecule has 1 aliphatic heterocycles. The van der Waals surface area contributed by atoms with Crippen molar-refractivity contribution in [2.24, 2.45) is 5.41 Å². The van der Waals surface area contributed by atoms with Crippen molar-refractivity contribution in [3.63, 3.8) is 0 Å². The maximum Gasteiger partial charge on any atom is 0.316 e. The predicted molar refractivity (Wildman–Crippen MR) is 158 cm³/mol. The number of halogens is 3. The fraction of sp³-hybridized carbons (Fsp3) is 0.385. The van der Waals surface area contributed by atoms with E-state index in [4.69, 9.17) is 39.5 Å². The SMILES string of the molecule is CC1(COc2c(N3CCN(S(=O)(=O)CSc4cccc(Cl)c4Cl)CC3)cnn(-c3cccc(Cl)c3)c2=O)CC1. The lowest BCUT2D eigenvalue weighted by atomic mass is 10.2. The highest BCUT2D eigenvalue weighted by Crippen LogP contribution is 2.45. The van der Waals surface area contributed by atoms with E-state index in [0.717, 1.165) is 24.6 Å². The minimum Gasteiger partial charge on any atom is -0.486 e. The van der Waals surface area contributed by atoms with Gasteiger partial charge in [-0.15, -0.1) is 11.8 Å². The molecule has 2 aliphatic rings. The molecule has 39 heavy (non-hydrogen) atoms. The van der Waals surface area contributed by atoms with E-state index in [0.29, 0.717) is 51.0 Å². The van der Waals surface area contributed by atoms with E-state index in [2.05, 4.69) is 12.0 Å². The summed E-state index contributed by atoms with van der Waals surface area (Å²) in [7, 11) is -3.56. The molecule has 0 N–H and O–H groups in total. The van der Waals surface area contributed by atoms with E-state index in [1.807, 2.05) is 4.90 Å². The van der Waals surface area contributed by atoms with E-state index in [1.165, 1.54) is 8.99 Å². The van der Waals surface area contributed by atoms with Gasteiger partial charge in [0.15, 0.2) is 0 Å². The highest BCUT2D eigenvalue weighted by atomic mass is 35.5. The molecule has 1 saturated heterocycles. The third-order valence-corrected chi connectivity index (χ3v) is 11.5. The Morgan fingerprint density at radius 3 is 2.46 bits per heavy atom. The van der Waals surface area contributed by atoms with E-state index >= 15 is 0 Å². The lowest BCUT2D eigenvalue weighted by molar-refractivity contribution is 0.242. The van der Waals surface area contributed by atoms with Gasteiger partial charge in [0, 0.05) is 41.5 Å². The molecular formula is C26H27Cl3N4O4S2. The van der Waals surface area contributed by atoms with Crippen LogP contribution in [-0.4, -0.2) is 60.4 Å². The molecule has 0 radical (unpaired) electrons. The number of thioether (sulfide) groups is 1. The molecule has 0 unspecified atom stereocenters. The van der Waals surface area contributed by atoms with Gasteiger partial charge in [0.2, 0.25) is 15.8 Å². The van der Waals surface area contributed by atoms with Gasteiger partial charge in [-0.1, -0.05) is 53.9 Å². The number of sulfonamides is 1. The Balaban J connectivity index is 1.32. The molecule has 5 rings (SSSR count). The first-order valence-corrected chi connectivity index (χ1v) is 16.1. The summed E-state index contributed by atoms with van der Waals surface area (Å²) in [6.07, 6.45) is 3.70. The van der Waals surface area contributed by atoms with Crippen LogP contribution in [0, 0.1) is 5.41 Å². The van der Waals surface area contributed by atoms with Crippen LogP contribution in [0.3, 0.4) is 0 Å². The van der Waals surface area contributed by atoms with Crippen molar-refractivity contribution < 1.29 is 13.2 Å². The summed E-state index contributed by atoms with van der Waals surface area (Å²) in [5.41, 5.74) is 0.766. The van der Waals surface area contributed by atoms with Gasteiger partial charge in [-0.2, -0.15) is 14.1 Å². The smallest absolute Gasteiger partial charge is 0.316 e. The number of anilines is 1. The summed E-state index contributed by atoms with van der Waals surface area (Å²) in [5, 5.41) is 5.46. The molecule has 1 aliphatic carbocycles. The maximum absolute atomic E-state index is 13.6. The first kappa shape index (κ1) is 28.6. The molecule has 1 saturated carbocycles. The molecule has 0 atom stereocenters. The van der Waals surface area contributed by atoms with E-state index in [1.54, 1.807) is 48.7 Å². The first-order valence-electron chi connectivity index (χ1n) is 12.4. The number of hydrogen-bond donors (Lipinski definition) is 0. The van der Waals surface area contributed by atoms with Gasteiger partial charge in [-0.05, 0) is 43.2 Å². The zero-order valence-corrected chi connectivity index (χ0v) is 25.0. The second-order valence-corrected chi connectivity index (χ2v) is 14.5. The van der Waals surface area contributed by atoms with Crippen LogP contribution >= 0.6 is 46.6 Å². The fourth-order valence-corrected chi connectivity index (χ4v) is 7.74. The third-order valence-electron chi connectivity index (χ3n) is 6.89. The van der Waals surface area contributed by atoms with Crippen molar-refractivity contribution in [1.29, 1.82) is 0 Å². The van der Waals surface area contributed by atoms with Gasteiger partial charge in [0.25, 0.3) is 0 Å². The van der Waals surface area contributed by atoms with Crippen molar-refractivity contribution in [3.8, 4) is 11.4 Å². The second kappa shape index (κ2) is 11.5. The number of aromatic nitrogens is 2. The normalized spacial score (nSPS) is 17.3. The predicted octanol–water partition coefficient (Wildman–Crippen LogP) is 5.57. The fourth-order valence-electron chi connectivity index (χ4n) is 4.20. The third kappa shape index (κ3) is 6.52. The average molecular weight is 630 g/mol. The van der Waals surface area contributed by atoms with Gasteiger partial charge in [-0.25, -0.2) is 8.42 Å². The maximum atomic E-state index is 13.6. The molecule has 1 aromatic heterocycles. The van der Waals surface area contributed by atoms with Gasteiger partial charge in [0.1, 0.15) is 10.8 Å². The van der Waals surface area contributed by atoms with Crippen molar-refractivity contribution in [3.05, 3.63) is 74.1 Å². The standard InChI is InChI=1S/C26H27Cl3N4O4S2/c1-26(8-9-26)16-37-24-21(15-30-33(25(24)34)19-5-2-4-18(27)14-19)31-10-12-32(13-11-31)39(35,36)17-38-22-7-3-6-20(28)23(22)29/h2-7,14-15H,8-13,16-17H2,1H3. The summed E-state index contributed by atoms with van der Waals surface area (Å²) >= 11 is 19.6. The Labute approximate surface area is 246 Å². The molecule has 0 amide bonds. The molecule has 2 heterocycles. The number of nitrogens with zero attached hydrogens (tertiary/aromatic N) is 4. The Kier molecular flexibility index (Phi) is 8.43. The number of rotatable bonds is 9. The Morgan fingerprint density at radius 1 is 1.05 bits per heavy atom. The van der Waals surface area contributed by atoms with Crippen molar-refractivity contribution >= 4 is 62.3 Å². The van der Waals surface area contributed by atoms with Gasteiger partial charge in [-0.3, -0.25) is 4.79 Å². The number of ether oxygens (including phenoxy) is 1. The van der Waals surface area contributed by atoms with Gasteiger partial charge < -0.3 is 9.64 Å². The number of hydrogen-bond acceptors (Lipinski definition) is 7. The van der Waals surface area contributed by atoms with Crippen LogP contribution in [-0.2, 0) is 10.0 Å². The van der Waals surface area contributed by atoms with E-state index < -0.39 is 10.0 Å². The molecule has 8 nitrogen and oxygen atoms in total. The Morgan fingerprint density at radius 2 is 1.77 bits per heavy atom.